The zero-order valence-electron chi connectivity index (χ0n) is 13.2. The highest BCUT2D eigenvalue weighted by Crippen LogP contribution is 2.23. The molecule has 0 atom stereocenters. The van der Waals surface area contributed by atoms with Crippen LogP contribution in [-0.4, -0.2) is 31.8 Å². The summed E-state index contributed by atoms with van der Waals surface area (Å²) in [5, 5.41) is 0. The summed E-state index contributed by atoms with van der Waals surface area (Å²) in [5.41, 5.74) is 3.23. The lowest BCUT2D eigenvalue weighted by molar-refractivity contribution is -0.139. The minimum absolute atomic E-state index is 0.0684. The minimum Gasteiger partial charge on any atom is -0.469 e. The summed E-state index contributed by atoms with van der Waals surface area (Å²) < 4.78 is 15.7. The average molecular weight is 324 g/mol. The van der Waals surface area contributed by atoms with Crippen molar-refractivity contribution in [1.82, 2.24) is 4.98 Å². The van der Waals surface area contributed by atoms with Gasteiger partial charge in [0.1, 0.15) is 12.0 Å². The Morgan fingerprint density at radius 2 is 2.25 bits per heavy atom. The van der Waals surface area contributed by atoms with E-state index in [4.69, 9.17) is 9.39 Å². The van der Waals surface area contributed by atoms with E-state index in [9.17, 15) is 9.59 Å². The molecule has 0 N–H and O–H groups in total. The molecule has 1 aliphatic rings. The first-order chi connectivity index (χ1) is 11.7. The fraction of sp³-hybridized carbons (Fsp3) is 0.235. The zero-order chi connectivity index (χ0) is 16.9. The van der Waals surface area contributed by atoms with Gasteiger partial charge in [0.05, 0.1) is 25.8 Å². The molecule has 6 nitrogen and oxygen atoms in total. The normalized spacial score (nSPS) is 12.2. The van der Waals surface area contributed by atoms with Crippen LogP contribution < -0.4 is 10.2 Å². The summed E-state index contributed by atoms with van der Waals surface area (Å²) in [7, 11) is 3.03. The number of rotatable bonds is 6. The van der Waals surface area contributed by atoms with E-state index in [-0.39, 0.29) is 18.8 Å². The smallest absolute Gasteiger partial charge is 0.330 e. The number of carbonyl (C=O) groups is 2. The number of methoxy groups -OCH3 is 1. The lowest BCUT2D eigenvalue weighted by Crippen LogP contribution is -2.11. The third-order valence-corrected chi connectivity index (χ3v) is 3.67. The molecule has 1 aromatic carbocycles. The van der Waals surface area contributed by atoms with Gasteiger partial charge in [0, 0.05) is 12.5 Å². The van der Waals surface area contributed by atoms with Crippen molar-refractivity contribution in [3.63, 3.8) is 0 Å². The maximum absolute atomic E-state index is 11.4. The fourth-order valence-electron chi connectivity index (χ4n) is 2.44. The van der Waals surface area contributed by atoms with Crippen LogP contribution in [0.5, 0.6) is 11.6 Å². The standard InChI is InChI=1S/C17H15BNO5/c1-22-17(21)9-11-2-5-16(19-15(11)6-7-20)24-13-3-4-14-12(8-13)10-23-18-14/h2-5,7-8H,6,9-10H2,1H3. The van der Waals surface area contributed by atoms with E-state index < -0.39 is 0 Å². The van der Waals surface area contributed by atoms with E-state index in [2.05, 4.69) is 9.72 Å². The summed E-state index contributed by atoms with van der Waals surface area (Å²) in [6.07, 6.45) is 0.922. The van der Waals surface area contributed by atoms with E-state index >= 15 is 0 Å². The van der Waals surface area contributed by atoms with Gasteiger partial charge in [0.15, 0.2) is 0 Å². The first kappa shape index (κ1) is 16.2. The lowest BCUT2D eigenvalue weighted by Gasteiger charge is -2.10. The number of nitrogens with zero attached hydrogens (tertiary/aromatic N) is 1. The Balaban J connectivity index is 1.81. The van der Waals surface area contributed by atoms with Crippen LogP contribution in [0.3, 0.4) is 0 Å². The second-order valence-corrected chi connectivity index (χ2v) is 5.27. The SMILES string of the molecule is COC(=O)Cc1ccc(Oc2ccc3c(c2)CO[B]3)nc1CC=O. The van der Waals surface area contributed by atoms with Gasteiger partial charge in [-0.2, -0.15) is 0 Å². The Bertz CT molecular complexity index is 778. The molecular weight excluding hydrogens is 309 g/mol. The molecule has 0 saturated heterocycles. The highest BCUT2D eigenvalue weighted by molar-refractivity contribution is 6.48. The molecule has 0 aliphatic carbocycles. The number of aromatic nitrogens is 1. The lowest BCUT2D eigenvalue weighted by atomic mass is 9.87. The molecular formula is C17H15BNO5. The zero-order valence-corrected chi connectivity index (χ0v) is 13.2. The van der Waals surface area contributed by atoms with Crippen molar-refractivity contribution >= 4 is 25.2 Å². The summed E-state index contributed by atoms with van der Waals surface area (Å²) in [6.45, 7) is 0.522. The maximum atomic E-state index is 11.4. The fourth-order valence-corrected chi connectivity index (χ4v) is 2.44. The van der Waals surface area contributed by atoms with Gasteiger partial charge >= 0.3 is 13.5 Å². The van der Waals surface area contributed by atoms with Crippen molar-refractivity contribution < 1.29 is 23.7 Å². The second kappa shape index (κ2) is 7.27. The first-order valence-electron chi connectivity index (χ1n) is 7.44. The number of fused-ring (bicyclic) bond motifs is 1. The van der Waals surface area contributed by atoms with Crippen molar-refractivity contribution in [2.24, 2.45) is 0 Å². The van der Waals surface area contributed by atoms with Gasteiger partial charge in [-0.1, -0.05) is 12.1 Å². The van der Waals surface area contributed by atoms with Gasteiger partial charge in [-0.3, -0.25) is 4.79 Å². The molecule has 1 aromatic heterocycles. The van der Waals surface area contributed by atoms with Gasteiger partial charge in [0.2, 0.25) is 5.88 Å². The summed E-state index contributed by atoms with van der Waals surface area (Å²) in [6, 6.07) is 9.02. The molecule has 121 valence electrons. The van der Waals surface area contributed by atoms with Crippen LogP contribution in [0.2, 0.25) is 0 Å². The van der Waals surface area contributed by atoms with Crippen LogP contribution in [0.4, 0.5) is 0 Å². The van der Waals surface area contributed by atoms with Crippen LogP contribution in [0.25, 0.3) is 0 Å². The predicted octanol–water partition coefficient (Wildman–Crippen LogP) is 1.11. The maximum Gasteiger partial charge on any atom is 0.330 e. The molecule has 1 aliphatic heterocycles. The molecule has 24 heavy (non-hydrogen) atoms. The Morgan fingerprint density at radius 3 is 3.04 bits per heavy atom. The third-order valence-electron chi connectivity index (χ3n) is 3.67. The quantitative estimate of drug-likeness (QED) is 0.450. The Hall–Kier alpha value is -2.67. The summed E-state index contributed by atoms with van der Waals surface area (Å²) in [5.74, 6) is 0.619. The molecule has 7 heteroatoms. The van der Waals surface area contributed by atoms with Crippen LogP contribution in [0.15, 0.2) is 30.3 Å². The molecule has 2 heterocycles. The van der Waals surface area contributed by atoms with Crippen molar-refractivity contribution in [2.45, 2.75) is 19.4 Å². The van der Waals surface area contributed by atoms with E-state index in [1.165, 1.54) is 7.11 Å². The monoisotopic (exact) mass is 324 g/mol. The Kier molecular flexibility index (Phi) is 4.91. The highest BCUT2D eigenvalue weighted by Gasteiger charge is 2.15. The first-order valence-corrected chi connectivity index (χ1v) is 7.44. The van der Waals surface area contributed by atoms with Crippen molar-refractivity contribution in [3.8, 4) is 11.6 Å². The topological polar surface area (TPSA) is 74.7 Å². The second-order valence-electron chi connectivity index (χ2n) is 5.27. The van der Waals surface area contributed by atoms with Crippen LogP contribution >= 0.6 is 0 Å². The molecule has 1 radical (unpaired) electrons. The number of aldehydes is 1. The van der Waals surface area contributed by atoms with Crippen LogP contribution in [0.1, 0.15) is 16.8 Å². The molecule has 0 spiro atoms. The molecule has 0 unspecified atom stereocenters. The number of hydrogen-bond acceptors (Lipinski definition) is 6. The van der Waals surface area contributed by atoms with Crippen molar-refractivity contribution in [2.75, 3.05) is 7.11 Å². The van der Waals surface area contributed by atoms with E-state index in [0.29, 0.717) is 29.5 Å². The van der Waals surface area contributed by atoms with Gasteiger partial charge in [-0.05, 0) is 28.7 Å². The van der Waals surface area contributed by atoms with E-state index in [0.717, 1.165) is 17.3 Å². The number of benzene rings is 1. The number of esters is 1. The number of hydrogen-bond donors (Lipinski definition) is 0. The van der Waals surface area contributed by atoms with E-state index in [1.807, 2.05) is 18.2 Å². The number of pyridine rings is 1. The van der Waals surface area contributed by atoms with Crippen molar-refractivity contribution in [1.29, 1.82) is 0 Å². The van der Waals surface area contributed by atoms with E-state index in [1.54, 1.807) is 19.6 Å². The molecule has 0 bridgehead atoms. The summed E-state index contributed by atoms with van der Waals surface area (Å²) in [4.78, 5) is 26.6. The van der Waals surface area contributed by atoms with Gasteiger partial charge in [-0.25, -0.2) is 4.98 Å². The number of ether oxygens (including phenoxy) is 2. The predicted molar refractivity (Wildman–Crippen MR) is 86.4 cm³/mol. The van der Waals surface area contributed by atoms with Crippen LogP contribution in [-0.2, 0) is 38.4 Å². The molecule has 3 rings (SSSR count). The van der Waals surface area contributed by atoms with Gasteiger partial charge < -0.3 is 18.9 Å². The largest absolute Gasteiger partial charge is 0.469 e. The molecule has 2 aromatic rings. The van der Waals surface area contributed by atoms with Crippen molar-refractivity contribution in [3.05, 3.63) is 47.2 Å². The Morgan fingerprint density at radius 1 is 1.38 bits per heavy atom. The minimum atomic E-state index is -0.382. The average Bonchev–Trinajstić information content (AvgIpc) is 3.05. The Labute approximate surface area is 140 Å². The van der Waals surface area contributed by atoms with Crippen LogP contribution in [0, 0.1) is 0 Å². The molecule has 0 fully saturated rings. The summed E-state index contributed by atoms with van der Waals surface area (Å²) >= 11 is 0. The third kappa shape index (κ3) is 3.63. The van der Waals surface area contributed by atoms with Gasteiger partial charge in [0.25, 0.3) is 0 Å². The highest BCUT2D eigenvalue weighted by atomic mass is 16.5. The molecule has 0 amide bonds. The van der Waals surface area contributed by atoms with Gasteiger partial charge in [-0.15, -0.1) is 0 Å². The number of carbonyl (C=O) groups excluding carboxylic acids is 2. The molecule has 0 saturated carbocycles.